The minimum absolute atomic E-state index is 0.0163. The minimum Gasteiger partial charge on any atom is -0.337 e. The Morgan fingerprint density at radius 3 is 2.45 bits per heavy atom. The summed E-state index contributed by atoms with van der Waals surface area (Å²) in [4.78, 5) is 33.8. The first kappa shape index (κ1) is 19.6. The van der Waals surface area contributed by atoms with Gasteiger partial charge < -0.3 is 9.80 Å². The smallest absolute Gasteiger partial charge is 0.264 e. The van der Waals surface area contributed by atoms with Gasteiger partial charge in [0.2, 0.25) is 5.91 Å². The van der Waals surface area contributed by atoms with Crippen molar-refractivity contribution in [3.05, 3.63) is 52.2 Å². The summed E-state index contributed by atoms with van der Waals surface area (Å²) < 4.78 is 26.8. The number of nitrogens with one attached hydrogen (secondary N) is 1. The first-order chi connectivity index (χ1) is 13.9. The number of nitrogens with zero attached hydrogens (tertiary/aromatic N) is 3. The number of hydrogen-bond acceptors (Lipinski definition) is 6. The van der Waals surface area contributed by atoms with Gasteiger partial charge in [-0.05, 0) is 30.5 Å². The molecule has 1 aromatic heterocycles. The third-order valence-corrected chi connectivity index (χ3v) is 7.21. The lowest BCUT2D eigenvalue weighted by Crippen LogP contribution is -2.52. The van der Waals surface area contributed by atoms with Gasteiger partial charge >= 0.3 is 0 Å². The van der Waals surface area contributed by atoms with Crippen molar-refractivity contribution in [2.24, 2.45) is 4.99 Å². The highest BCUT2D eigenvalue weighted by molar-refractivity contribution is 7.90. The average Bonchev–Trinajstić information content (AvgIpc) is 3.34. The molecule has 4 rings (SSSR count). The van der Waals surface area contributed by atoms with Gasteiger partial charge in [-0.15, -0.1) is 11.3 Å². The minimum atomic E-state index is -3.64. The summed E-state index contributed by atoms with van der Waals surface area (Å²) >= 11 is 1.40. The van der Waals surface area contributed by atoms with E-state index < -0.39 is 16.1 Å². The van der Waals surface area contributed by atoms with Gasteiger partial charge in [-0.1, -0.05) is 18.2 Å². The molecule has 1 aromatic carbocycles. The molecule has 0 saturated carbocycles. The zero-order valence-electron chi connectivity index (χ0n) is 15.7. The SMILES string of the molecule is C[C@H](N=C1NS(=O)(=O)c2ccccc21)C(=O)N1CCN(C(=O)c2cccs2)CC1. The molecule has 2 aromatic rings. The lowest BCUT2D eigenvalue weighted by Gasteiger charge is -2.35. The average molecular weight is 433 g/mol. The van der Waals surface area contributed by atoms with Gasteiger partial charge in [0.05, 0.1) is 9.77 Å². The number of benzene rings is 1. The highest BCUT2D eigenvalue weighted by Crippen LogP contribution is 2.23. The van der Waals surface area contributed by atoms with Crippen LogP contribution in [0.4, 0.5) is 0 Å². The van der Waals surface area contributed by atoms with Crippen LogP contribution in [0.25, 0.3) is 0 Å². The van der Waals surface area contributed by atoms with Crippen LogP contribution in [0.3, 0.4) is 0 Å². The van der Waals surface area contributed by atoms with Crippen molar-refractivity contribution in [2.75, 3.05) is 26.2 Å². The molecule has 0 unspecified atom stereocenters. The molecule has 0 radical (unpaired) electrons. The Kier molecular flexibility index (Phi) is 5.13. The van der Waals surface area contributed by atoms with Crippen LogP contribution in [0.2, 0.25) is 0 Å². The van der Waals surface area contributed by atoms with Crippen LogP contribution in [-0.2, 0) is 14.8 Å². The van der Waals surface area contributed by atoms with Crippen LogP contribution in [0, 0.1) is 0 Å². The van der Waals surface area contributed by atoms with E-state index in [0.29, 0.717) is 36.6 Å². The number of carbonyl (C=O) groups excluding carboxylic acids is 2. The molecule has 29 heavy (non-hydrogen) atoms. The molecule has 2 amide bonds. The molecule has 8 nitrogen and oxygen atoms in total. The number of hydrogen-bond donors (Lipinski definition) is 1. The van der Waals surface area contributed by atoms with Crippen molar-refractivity contribution in [2.45, 2.75) is 17.9 Å². The number of thiophene rings is 1. The van der Waals surface area contributed by atoms with E-state index in [2.05, 4.69) is 9.71 Å². The van der Waals surface area contributed by atoms with E-state index in [0.717, 1.165) is 0 Å². The largest absolute Gasteiger partial charge is 0.337 e. The molecular formula is C19H20N4O4S2. The van der Waals surface area contributed by atoms with E-state index in [1.165, 1.54) is 17.4 Å². The summed E-state index contributed by atoms with van der Waals surface area (Å²) in [6.07, 6.45) is 0. The summed E-state index contributed by atoms with van der Waals surface area (Å²) in [6.45, 7) is 3.41. The Hall–Kier alpha value is -2.72. The first-order valence-corrected chi connectivity index (χ1v) is 11.5. The van der Waals surface area contributed by atoms with Crippen LogP contribution >= 0.6 is 11.3 Å². The van der Waals surface area contributed by atoms with Crippen molar-refractivity contribution in [3.8, 4) is 0 Å². The van der Waals surface area contributed by atoms with Crippen LogP contribution in [-0.4, -0.2) is 68.1 Å². The highest BCUT2D eigenvalue weighted by atomic mass is 32.2. The van der Waals surface area contributed by atoms with E-state index >= 15 is 0 Å². The van der Waals surface area contributed by atoms with Crippen molar-refractivity contribution in [3.63, 3.8) is 0 Å². The predicted molar refractivity (Wildman–Crippen MR) is 110 cm³/mol. The van der Waals surface area contributed by atoms with Crippen LogP contribution in [0.5, 0.6) is 0 Å². The summed E-state index contributed by atoms with van der Waals surface area (Å²) in [5.74, 6) is -0.0189. The van der Waals surface area contributed by atoms with Gasteiger partial charge in [0.25, 0.3) is 15.9 Å². The number of carbonyl (C=O) groups is 2. The van der Waals surface area contributed by atoms with Crippen molar-refractivity contribution >= 4 is 39.0 Å². The summed E-state index contributed by atoms with van der Waals surface area (Å²) in [7, 11) is -3.64. The molecule has 1 atom stereocenters. The van der Waals surface area contributed by atoms with Gasteiger partial charge in [0.1, 0.15) is 11.9 Å². The number of rotatable bonds is 3. The zero-order chi connectivity index (χ0) is 20.6. The van der Waals surface area contributed by atoms with Crippen LogP contribution in [0.15, 0.2) is 51.7 Å². The maximum atomic E-state index is 12.8. The fourth-order valence-corrected chi connectivity index (χ4v) is 5.36. The monoisotopic (exact) mass is 432 g/mol. The number of piperazine rings is 1. The van der Waals surface area contributed by atoms with Crippen LogP contribution in [0.1, 0.15) is 22.2 Å². The van der Waals surface area contributed by atoms with E-state index in [1.807, 2.05) is 11.4 Å². The van der Waals surface area contributed by atoms with Gasteiger partial charge in [-0.25, -0.2) is 8.42 Å². The number of amidine groups is 1. The van der Waals surface area contributed by atoms with Gasteiger partial charge in [0, 0.05) is 31.7 Å². The Morgan fingerprint density at radius 1 is 1.07 bits per heavy atom. The number of fused-ring (bicyclic) bond motifs is 1. The summed E-state index contributed by atoms with van der Waals surface area (Å²) in [6, 6.07) is 9.45. The fraction of sp³-hybridized carbons (Fsp3) is 0.316. The van der Waals surface area contributed by atoms with Crippen molar-refractivity contribution in [1.29, 1.82) is 0 Å². The zero-order valence-corrected chi connectivity index (χ0v) is 17.4. The highest BCUT2D eigenvalue weighted by Gasteiger charge is 2.32. The number of aliphatic imine (C=N–C) groups is 1. The Morgan fingerprint density at radius 2 is 1.76 bits per heavy atom. The van der Waals surface area contributed by atoms with E-state index in [4.69, 9.17) is 0 Å². The van der Waals surface area contributed by atoms with Crippen molar-refractivity contribution < 1.29 is 18.0 Å². The lowest BCUT2D eigenvalue weighted by molar-refractivity contribution is -0.133. The van der Waals surface area contributed by atoms with Gasteiger partial charge in [-0.2, -0.15) is 0 Å². The maximum Gasteiger partial charge on any atom is 0.264 e. The second kappa shape index (κ2) is 7.60. The molecule has 2 aliphatic rings. The summed E-state index contributed by atoms with van der Waals surface area (Å²) in [5.41, 5.74) is 0.471. The molecule has 0 bridgehead atoms. The fourth-order valence-electron chi connectivity index (χ4n) is 3.43. The summed E-state index contributed by atoms with van der Waals surface area (Å²) in [5, 5.41) is 1.86. The van der Waals surface area contributed by atoms with Crippen LogP contribution < -0.4 is 4.72 Å². The molecule has 0 spiro atoms. The molecule has 152 valence electrons. The molecular weight excluding hydrogens is 412 g/mol. The Balaban J connectivity index is 1.42. The number of amides is 2. The van der Waals surface area contributed by atoms with E-state index in [1.54, 1.807) is 41.0 Å². The molecule has 2 aliphatic heterocycles. The molecule has 10 heteroatoms. The molecule has 1 saturated heterocycles. The van der Waals surface area contributed by atoms with Gasteiger partial charge in [-0.3, -0.25) is 19.3 Å². The molecule has 1 fully saturated rings. The van der Waals surface area contributed by atoms with E-state index in [-0.39, 0.29) is 22.5 Å². The molecule has 3 heterocycles. The topological polar surface area (TPSA) is 99.1 Å². The Bertz CT molecular complexity index is 1070. The standard InChI is InChI=1S/C19H20N4O4S2/c1-13(20-17-14-5-2-3-7-16(14)29(26,27)21-17)18(24)22-8-10-23(11-9-22)19(25)15-6-4-12-28-15/h2-7,12-13H,8-11H2,1H3,(H,20,21)/t13-/m0/s1. The normalized spacial score (nSPS) is 20.2. The van der Waals surface area contributed by atoms with Gasteiger partial charge in [0.15, 0.2) is 0 Å². The third kappa shape index (κ3) is 3.77. The third-order valence-electron chi connectivity index (χ3n) is 4.95. The Labute approximate surface area is 172 Å². The predicted octanol–water partition coefficient (Wildman–Crippen LogP) is 1.16. The quantitative estimate of drug-likeness (QED) is 0.787. The second-order valence-corrected chi connectivity index (χ2v) is 9.45. The number of sulfonamides is 1. The molecule has 1 N–H and O–H groups in total. The lowest BCUT2D eigenvalue weighted by atomic mass is 10.2. The van der Waals surface area contributed by atoms with E-state index in [9.17, 15) is 18.0 Å². The second-order valence-electron chi connectivity index (χ2n) is 6.85. The first-order valence-electron chi connectivity index (χ1n) is 9.18. The maximum absolute atomic E-state index is 12.8. The van der Waals surface area contributed by atoms with Crippen molar-refractivity contribution in [1.82, 2.24) is 14.5 Å². The molecule has 0 aliphatic carbocycles.